The van der Waals surface area contributed by atoms with Gasteiger partial charge in [-0.15, -0.1) is 0 Å². The van der Waals surface area contributed by atoms with Crippen molar-refractivity contribution in [3.05, 3.63) is 35.4 Å². The normalized spacial score (nSPS) is 27.0. The van der Waals surface area contributed by atoms with Crippen LogP contribution >= 0.6 is 0 Å². The number of benzene rings is 1. The van der Waals surface area contributed by atoms with Gasteiger partial charge in [-0.2, -0.15) is 0 Å². The molecule has 0 spiro atoms. The van der Waals surface area contributed by atoms with Crippen LogP contribution in [0.2, 0.25) is 0 Å². The quantitative estimate of drug-likeness (QED) is 0.918. The zero-order valence-corrected chi connectivity index (χ0v) is 12.2. The highest BCUT2D eigenvalue weighted by molar-refractivity contribution is 5.21. The summed E-state index contributed by atoms with van der Waals surface area (Å²) in [6.45, 7) is 0.685. The molecule has 2 atom stereocenters. The van der Waals surface area contributed by atoms with Gasteiger partial charge in [-0.1, -0.05) is 12.8 Å². The van der Waals surface area contributed by atoms with Gasteiger partial charge in [0.05, 0.1) is 6.10 Å². The lowest BCUT2D eigenvalue weighted by molar-refractivity contribution is -0.0275. The molecule has 2 nitrogen and oxygen atoms in total. The Hall–Kier alpha value is -1.00. The number of halogens is 2. The second-order valence-electron chi connectivity index (χ2n) is 6.27. The Bertz CT molecular complexity index is 464. The average molecular weight is 283 g/mol. The Balaban J connectivity index is 2.29. The van der Waals surface area contributed by atoms with E-state index < -0.39 is 11.9 Å². The number of nitrogens with zero attached hydrogens (tertiary/aromatic N) is 1. The molecule has 2 unspecified atom stereocenters. The summed E-state index contributed by atoms with van der Waals surface area (Å²) >= 11 is 0. The maximum absolute atomic E-state index is 13.9. The van der Waals surface area contributed by atoms with Crippen molar-refractivity contribution in [1.82, 2.24) is 4.90 Å². The van der Waals surface area contributed by atoms with Crippen LogP contribution in [-0.2, 0) is 6.42 Å². The molecule has 0 heterocycles. The van der Waals surface area contributed by atoms with Gasteiger partial charge in [-0.3, -0.25) is 0 Å². The van der Waals surface area contributed by atoms with Crippen LogP contribution in [0.15, 0.2) is 18.2 Å². The van der Waals surface area contributed by atoms with E-state index >= 15 is 0 Å². The average Bonchev–Trinajstić information content (AvgIpc) is 2.37. The summed E-state index contributed by atoms with van der Waals surface area (Å²) in [7, 11) is 3.90. The van der Waals surface area contributed by atoms with Crippen molar-refractivity contribution in [2.24, 2.45) is 5.41 Å². The van der Waals surface area contributed by atoms with Gasteiger partial charge in [0.1, 0.15) is 11.6 Å². The minimum atomic E-state index is -0.457. The lowest BCUT2D eigenvalue weighted by atomic mass is 9.68. The molecule has 112 valence electrons. The van der Waals surface area contributed by atoms with Crippen molar-refractivity contribution < 1.29 is 13.9 Å². The number of aliphatic hydroxyl groups excluding tert-OH is 1. The summed E-state index contributed by atoms with van der Waals surface area (Å²) < 4.78 is 27.2. The molecule has 0 saturated heterocycles. The van der Waals surface area contributed by atoms with Gasteiger partial charge in [-0.25, -0.2) is 8.78 Å². The Kier molecular flexibility index (Phi) is 4.76. The zero-order valence-electron chi connectivity index (χ0n) is 12.2. The molecule has 20 heavy (non-hydrogen) atoms. The van der Waals surface area contributed by atoms with E-state index in [9.17, 15) is 13.9 Å². The van der Waals surface area contributed by atoms with Gasteiger partial charge < -0.3 is 10.0 Å². The van der Waals surface area contributed by atoms with E-state index in [0.29, 0.717) is 18.5 Å². The molecular weight excluding hydrogens is 260 g/mol. The molecule has 1 N–H and O–H groups in total. The second-order valence-corrected chi connectivity index (χ2v) is 6.27. The molecular formula is C16H23F2NO. The fourth-order valence-electron chi connectivity index (χ4n) is 3.42. The van der Waals surface area contributed by atoms with E-state index in [1.165, 1.54) is 12.1 Å². The van der Waals surface area contributed by atoms with Crippen molar-refractivity contribution in [2.75, 3.05) is 20.6 Å². The predicted molar refractivity (Wildman–Crippen MR) is 75.5 cm³/mol. The molecule has 2 rings (SSSR count). The largest absolute Gasteiger partial charge is 0.392 e. The first-order valence-corrected chi connectivity index (χ1v) is 7.20. The first-order chi connectivity index (χ1) is 9.43. The summed E-state index contributed by atoms with van der Waals surface area (Å²) in [5.41, 5.74) is -0.0103. The molecule has 1 fully saturated rings. The topological polar surface area (TPSA) is 23.5 Å². The monoisotopic (exact) mass is 283 g/mol. The molecule has 1 aliphatic carbocycles. The number of aliphatic hydroxyl groups is 1. The molecule has 0 amide bonds. The fourth-order valence-corrected chi connectivity index (χ4v) is 3.42. The van der Waals surface area contributed by atoms with Crippen LogP contribution in [0.1, 0.15) is 31.2 Å². The van der Waals surface area contributed by atoms with E-state index in [0.717, 1.165) is 31.7 Å². The molecule has 0 bridgehead atoms. The highest BCUT2D eigenvalue weighted by Crippen LogP contribution is 2.40. The Morgan fingerprint density at radius 2 is 2.05 bits per heavy atom. The molecule has 0 aromatic heterocycles. The van der Waals surface area contributed by atoms with Gasteiger partial charge in [0, 0.05) is 12.0 Å². The minimum Gasteiger partial charge on any atom is -0.392 e. The third-order valence-corrected chi connectivity index (χ3v) is 4.29. The number of hydrogen-bond acceptors (Lipinski definition) is 2. The van der Waals surface area contributed by atoms with E-state index in [2.05, 4.69) is 0 Å². The maximum atomic E-state index is 13.9. The molecule has 4 heteroatoms. The molecule has 0 radical (unpaired) electrons. The third kappa shape index (κ3) is 3.36. The molecule has 1 aliphatic rings. The lowest BCUT2D eigenvalue weighted by Gasteiger charge is -2.43. The smallest absolute Gasteiger partial charge is 0.126 e. The molecule has 0 aliphatic heterocycles. The van der Waals surface area contributed by atoms with E-state index in [1.807, 2.05) is 19.0 Å². The second kappa shape index (κ2) is 6.19. The van der Waals surface area contributed by atoms with Crippen LogP contribution in [0.3, 0.4) is 0 Å². The van der Waals surface area contributed by atoms with Crippen LogP contribution in [0.4, 0.5) is 8.78 Å². The van der Waals surface area contributed by atoms with E-state index in [-0.39, 0.29) is 11.2 Å². The molecule has 1 aromatic carbocycles. The standard InChI is InChI=1S/C16H23F2NO/c1-19(2)11-16(8-4-3-5-15(16)20)10-12-9-13(17)6-7-14(12)18/h6-7,9,15,20H,3-5,8,10-11H2,1-2H3. The van der Waals surface area contributed by atoms with Crippen molar-refractivity contribution in [3.8, 4) is 0 Å². The number of hydrogen-bond donors (Lipinski definition) is 1. The SMILES string of the molecule is CN(C)CC1(Cc2cc(F)ccc2F)CCCCC1O. The van der Waals surface area contributed by atoms with Crippen LogP contribution in [-0.4, -0.2) is 36.8 Å². The zero-order chi connectivity index (χ0) is 14.8. The summed E-state index contributed by atoms with van der Waals surface area (Å²) in [6, 6.07) is 3.56. The van der Waals surface area contributed by atoms with Gasteiger partial charge in [-0.05, 0) is 57.1 Å². The Morgan fingerprint density at radius 1 is 1.30 bits per heavy atom. The van der Waals surface area contributed by atoms with E-state index in [4.69, 9.17) is 0 Å². The fraction of sp³-hybridized carbons (Fsp3) is 0.625. The first kappa shape index (κ1) is 15.4. The minimum absolute atomic E-state index is 0.368. The Labute approximate surface area is 119 Å². The van der Waals surface area contributed by atoms with Crippen LogP contribution in [0, 0.1) is 17.0 Å². The third-order valence-electron chi connectivity index (χ3n) is 4.29. The molecule has 1 aromatic rings. The number of rotatable bonds is 4. The van der Waals surface area contributed by atoms with E-state index in [1.54, 1.807) is 0 Å². The summed E-state index contributed by atoms with van der Waals surface area (Å²) in [4.78, 5) is 2.02. The van der Waals surface area contributed by atoms with Gasteiger partial charge in [0.15, 0.2) is 0 Å². The van der Waals surface area contributed by atoms with Gasteiger partial charge in [0.25, 0.3) is 0 Å². The predicted octanol–water partition coefficient (Wildman–Crippen LogP) is 2.99. The van der Waals surface area contributed by atoms with Crippen molar-refractivity contribution in [1.29, 1.82) is 0 Å². The van der Waals surface area contributed by atoms with Gasteiger partial charge >= 0.3 is 0 Å². The van der Waals surface area contributed by atoms with Crippen LogP contribution in [0.5, 0.6) is 0 Å². The lowest BCUT2D eigenvalue weighted by Crippen LogP contribution is -2.47. The highest BCUT2D eigenvalue weighted by Gasteiger charge is 2.40. The van der Waals surface area contributed by atoms with Crippen molar-refractivity contribution in [2.45, 2.75) is 38.2 Å². The maximum Gasteiger partial charge on any atom is 0.126 e. The summed E-state index contributed by atoms with van der Waals surface area (Å²) in [5, 5.41) is 10.4. The van der Waals surface area contributed by atoms with Crippen LogP contribution < -0.4 is 0 Å². The first-order valence-electron chi connectivity index (χ1n) is 7.20. The molecule has 1 saturated carbocycles. The van der Waals surface area contributed by atoms with Crippen molar-refractivity contribution >= 4 is 0 Å². The van der Waals surface area contributed by atoms with Crippen LogP contribution in [0.25, 0.3) is 0 Å². The summed E-state index contributed by atoms with van der Waals surface area (Å²) in [5.74, 6) is -0.811. The summed E-state index contributed by atoms with van der Waals surface area (Å²) in [6.07, 6.45) is 3.55. The van der Waals surface area contributed by atoms with Gasteiger partial charge in [0.2, 0.25) is 0 Å². The highest BCUT2D eigenvalue weighted by atomic mass is 19.1. The van der Waals surface area contributed by atoms with Crippen molar-refractivity contribution in [3.63, 3.8) is 0 Å². The Morgan fingerprint density at radius 3 is 2.70 bits per heavy atom.